The smallest absolute Gasteiger partial charge is 0.149 e. The van der Waals surface area contributed by atoms with Gasteiger partial charge in [0.25, 0.3) is 0 Å². The average molecular weight is 176 g/mol. The number of nitroso groups, excluding NO2 is 1. The molecule has 1 aliphatic rings. The van der Waals surface area contributed by atoms with Crippen molar-refractivity contribution in [2.45, 2.75) is 49.9 Å². The number of alkyl halides is 1. The molecule has 0 bridgehead atoms. The van der Waals surface area contributed by atoms with Crippen molar-refractivity contribution in [1.29, 1.82) is 0 Å². The summed E-state index contributed by atoms with van der Waals surface area (Å²) >= 11 is 5.96. The van der Waals surface area contributed by atoms with Crippen LogP contribution in [0.1, 0.15) is 44.9 Å². The first-order chi connectivity index (χ1) is 5.27. The lowest BCUT2D eigenvalue weighted by Crippen LogP contribution is -2.18. The largest absolute Gasteiger partial charge is 0.175 e. The van der Waals surface area contributed by atoms with E-state index in [-0.39, 0.29) is 0 Å². The Morgan fingerprint density at radius 2 is 1.45 bits per heavy atom. The fraction of sp³-hybridized carbons (Fsp3) is 1.00. The lowest BCUT2D eigenvalue weighted by atomic mass is 9.97. The van der Waals surface area contributed by atoms with Crippen molar-refractivity contribution in [2.24, 2.45) is 5.18 Å². The molecule has 3 heteroatoms. The summed E-state index contributed by atoms with van der Waals surface area (Å²) in [5, 5.41) is 3.00. The van der Waals surface area contributed by atoms with Crippen LogP contribution < -0.4 is 0 Å². The van der Waals surface area contributed by atoms with Crippen molar-refractivity contribution in [1.82, 2.24) is 0 Å². The van der Waals surface area contributed by atoms with Crippen LogP contribution in [-0.4, -0.2) is 5.00 Å². The number of rotatable bonds is 1. The highest BCUT2D eigenvalue weighted by Gasteiger charge is 2.28. The molecule has 0 aliphatic heterocycles. The average Bonchev–Trinajstić information content (AvgIpc) is 1.98. The zero-order chi connectivity index (χ0) is 8.16. The van der Waals surface area contributed by atoms with Gasteiger partial charge in [-0.25, -0.2) is 0 Å². The Labute approximate surface area is 72.3 Å². The molecule has 0 saturated heterocycles. The fourth-order valence-corrected chi connectivity index (χ4v) is 1.81. The third-order valence-corrected chi connectivity index (χ3v) is 2.73. The van der Waals surface area contributed by atoms with E-state index >= 15 is 0 Å². The van der Waals surface area contributed by atoms with Crippen LogP contribution in [-0.2, 0) is 0 Å². The molecule has 2 nitrogen and oxygen atoms in total. The second-order valence-corrected chi connectivity index (χ2v) is 3.98. The highest BCUT2D eigenvalue weighted by atomic mass is 35.5. The van der Waals surface area contributed by atoms with Crippen LogP contribution in [0.4, 0.5) is 0 Å². The Kier molecular flexibility index (Phi) is 3.31. The second kappa shape index (κ2) is 4.05. The van der Waals surface area contributed by atoms with Gasteiger partial charge in [-0.05, 0) is 30.9 Å². The molecule has 1 aliphatic carbocycles. The van der Waals surface area contributed by atoms with E-state index in [2.05, 4.69) is 5.18 Å². The summed E-state index contributed by atoms with van der Waals surface area (Å²) < 4.78 is 0. The van der Waals surface area contributed by atoms with Crippen molar-refractivity contribution in [3.05, 3.63) is 4.91 Å². The minimum Gasteiger partial charge on any atom is -0.149 e. The molecular weight excluding hydrogens is 162 g/mol. The maximum absolute atomic E-state index is 10.4. The summed E-state index contributed by atoms with van der Waals surface area (Å²) in [6, 6.07) is 0. The molecule has 1 rings (SSSR count). The van der Waals surface area contributed by atoms with Crippen LogP contribution in [0.3, 0.4) is 0 Å². The van der Waals surface area contributed by atoms with Crippen LogP contribution in [0.15, 0.2) is 5.18 Å². The summed E-state index contributed by atoms with van der Waals surface area (Å²) in [6.07, 6.45) is 7.31. The molecule has 0 atom stereocenters. The number of halogens is 1. The second-order valence-electron chi connectivity index (χ2n) is 3.28. The predicted octanol–water partition coefficient (Wildman–Crippen LogP) is 3.43. The zero-order valence-corrected chi connectivity index (χ0v) is 7.44. The van der Waals surface area contributed by atoms with Gasteiger partial charge in [0.15, 0.2) is 5.00 Å². The highest BCUT2D eigenvalue weighted by Crippen LogP contribution is 2.32. The van der Waals surface area contributed by atoms with Crippen LogP contribution in [0.5, 0.6) is 0 Å². The van der Waals surface area contributed by atoms with Crippen LogP contribution in [0.2, 0.25) is 0 Å². The van der Waals surface area contributed by atoms with E-state index in [0.29, 0.717) is 0 Å². The molecule has 0 radical (unpaired) electrons. The Morgan fingerprint density at radius 3 is 1.91 bits per heavy atom. The van der Waals surface area contributed by atoms with E-state index in [0.717, 1.165) is 25.7 Å². The SMILES string of the molecule is O=NC1(Cl)CCCCCCC1. The lowest BCUT2D eigenvalue weighted by molar-refractivity contribution is 0.416. The number of hydrogen-bond acceptors (Lipinski definition) is 2. The maximum atomic E-state index is 10.4. The number of nitrogens with zero attached hydrogens (tertiary/aromatic N) is 1. The molecular formula is C8H14ClNO. The van der Waals surface area contributed by atoms with E-state index < -0.39 is 5.00 Å². The minimum atomic E-state index is -0.763. The summed E-state index contributed by atoms with van der Waals surface area (Å²) in [4.78, 5) is 9.60. The molecule has 0 aromatic carbocycles. The van der Waals surface area contributed by atoms with Crippen LogP contribution >= 0.6 is 11.6 Å². The Bertz CT molecular complexity index is 130. The number of hydrogen-bond donors (Lipinski definition) is 0. The standard InChI is InChI=1S/C8H14ClNO/c9-8(10-11)6-4-2-1-3-5-7-8/h1-7H2. The van der Waals surface area contributed by atoms with Gasteiger partial charge in [-0.1, -0.05) is 30.9 Å². The topological polar surface area (TPSA) is 29.4 Å². The van der Waals surface area contributed by atoms with Crippen molar-refractivity contribution in [3.8, 4) is 0 Å². The summed E-state index contributed by atoms with van der Waals surface area (Å²) in [5.74, 6) is 0. The fourth-order valence-electron chi connectivity index (χ4n) is 1.54. The molecule has 1 saturated carbocycles. The molecule has 0 spiro atoms. The van der Waals surface area contributed by atoms with Gasteiger partial charge in [0, 0.05) is 0 Å². The first kappa shape index (κ1) is 8.98. The van der Waals surface area contributed by atoms with Crippen molar-refractivity contribution >= 4 is 11.6 Å². The van der Waals surface area contributed by atoms with Crippen molar-refractivity contribution in [3.63, 3.8) is 0 Å². The van der Waals surface area contributed by atoms with Crippen LogP contribution in [0, 0.1) is 4.91 Å². The molecule has 0 aromatic heterocycles. The predicted molar refractivity (Wildman–Crippen MR) is 46.7 cm³/mol. The first-order valence-corrected chi connectivity index (χ1v) is 4.68. The van der Waals surface area contributed by atoms with Crippen LogP contribution in [0.25, 0.3) is 0 Å². The minimum absolute atomic E-state index is 0.762. The molecule has 0 N–H and O–H groups in total. The molecule has 0 unspecified atom stereocenters. The first-order valence-electron chi connectivity index (χ1n) is 4.30. The Hall–Kier alpha value is -0.110. The van der Waals surface area contributed by atoms with Gasteiger partial charge in [-0.3, -0.25) is 0 Å². The third kappa shape index (κ3) is 2.78. The molecule has 11 heavy (non-hydrogen) atoms. The van der Waals surface area contributed by atoms with E-state index in [4.69, 9.17) is 11.6 Å². The van der Waals surface area contributed by atoms with E-state index in [1.54, 1.807) is 0 Å². The molecule has 0 aromatic rings. The van der Waals surface area contributed by atoms with E-state index in [1.807, 2.05) is 0 Å². The third-order valence-electron chi connectivity index (χ3n) is 2.28. The highest BCUT2D eigenvalue weighted by molar-refractivity contribution is 6.23. The maximum Gasteiger partial charge on any atom is 0.175 e. The Balaban J connectivity index is 2.43. The lowest BCUT2D eigenvalue weighted by Gasteiger charge is -2.20. The van der Waals surface area contributed by atoms with Gasteiger partial charge in [0.2, 0.25) is 0 Å². The van der Waals surface area contributed by atoms with Gasteiger partial charge in [0.05, 0.1) is 0 Å². The molecule has 0 heterocycles. The van der Waals surface area contributed by atoms with E-state index in [1.165, 1.54) is 19.3 Å². The van der Waals surface area contributed by atoms with Crippen molar-refractivity contribution < 1.29 is 0 Å². The summed E-state index contributed by atoms with van der Waals surface area (Å²) in [6.45, 7) is 0. The zero-order valence-electron chi connectivity index (χ0n) is 6.68. The normalized spacial score (nSPS) is 25.2. The van der Waals surface area contributed by atoms with Gasteiger partial charge in [-0.15, -0.1) is 4.91 Å². The van der Waals surface area contributed by atoms with Gasteiger partial charge in [-0.2, -0.15) is 0 Å². The van der Waals surface area contributed by atoms with Gasteiger partial charge >= 0.3 is 0 Å². The van der Waals surface area contributed by atoms with Gasteiger partial charge in [0.1, 0.15) is 0 Å². The summed E-state index contributed by atoms with van der Waals surface area (Å²) in [7, 11) is 0. The summed E-state index contributed by atoms with van der Waals surface area (Å²) in [5.41, 5.74) is 0. The molecule has 64 valence electrons. The van der Waals surface area contributed by atoms with Gasteiger partial charge < -0.3 is 0 Å². The molecule has 1 fully saturated rings. The van der Waals surface area contributed by atoms with E-state index in [9.17, 15) is 4.91 Å². The monoisotopic (exact) mass is 175 g/mol. The quantitative estimate of drug-likeness (QED) is 0.341. The van der Waals surface area contributed by atoms with Crippen molar-refractivity contribution in [2.75, 3.05) is 0 Å². The molecule has 0 amide bonds. The Morgan fingerprint density at radius 1 is 1.00 bits per heavy atom.